The average Bonchev–Trinajstić information content (AvgIpc) is 3.21. The maximum atomic E-state index is 13.3. The van der Waals surface area contributed by atoms with Gasteiger partial charge in [0.1, 0.15) is 11.5 Å². The number of nitrogens with zero attached hydrogens (tertiary/aromatic N) is 1. The highest BCUT2D eigenvalue weighted by atomic mass is 32.1. The zero-order chi connectivity index (χ0) is 17.9. The van der Waals surface area contributed by atoms with E-state index in [1.807, 2.05) is 47.8 Å². The average molecular weight is 362 g/mol. The molecule has 2 aromatic carbocycles. The molecular formula is C21H15FN2OS. The smallest absolute Gasteiger partial charge is 0.270 e. The van der Waals surface area contributed by atoms with Crippen molar-refractivity contribution in [2.45, 2.75) is 6.04 Å². The molecule has 0 bridgehead atoms. The first kappa shape index (κ1) is 16.4. The third kappa shape index (κ3) is 3.34. The fourth-order valence-corrected chi connectivity index (χ4v) is 3.63. The van der Waals surface area contributed by atoms with Crippen molar-refractivity contribution in [3.8, 4) is 0 Å². The van der Waals surface area contributed by atoms with Crippen LogP contribution >= 0.6 is 11.3 Å². The molecule has 0 aliphatic carbocycles. The second-order valence-corrected chi connectivity index (χ2v) is 6.84. The summed E-state index contributed by atoms with van der Waals surface area (Å²) in [5, 5.41) is 5.96. The number of carbonyl (C=O) groups excluding carboxylic acids is 1. The van der Waals surface area contributed by atoms with E-state index in [4.69, 9.17) is 0 Å². The van der Waals surface area contributed by atoms with Gasteiger partial charge in [0.05, 0.1) is 11.6 Å². The summed E-state index contributed by atoms with van der Waals surface area (Å²) in [6.45, 7) is 0. The quantitative estimate of drug-likeness (QED) is 0.558. The molecule has 0 aliphatic heterocycles. The van der Waals surface area contributed by atoms with Crippen LogP contribution < -0.4 is 5.32 Å². The van der Waals surface area contributed by atoms with Gasteiger partial charge in [-0.2, -0.15) is 0 Å². The number of carbonyl (C=O) groups is 1. The van der Waals surface area contributed by atoms with E-state index in [-0.39, 0.29) is 17.8 Å². The molecule has 0 radical (unpaired) electrons. The monoisotopic (exact) mass is 362 g/mol. The Morgan fingerprint density at radius 1 is 0.962 bits per heavy atom. The number of nitrogens with one attached hydrogen (secondary N) is 1. The van der Waals surface area contributed by atoms with E-state index in [9.17, 15) is 9.18 Å². The lowest BCUT2D eigenvalue weighted by Gasteiger charge is -2.18. The predicted molar refractivity (Wildman–Crippen MR) is 102 cm³/mol. The number of benzene rings is 2. The number of hydrogen-bond acceptors (Lipinski definition) is 3. The van der Waals surface area contributed by atoms with Crippen molar-refractivity contribution in [3.63, 3.8) is 0 Å². The number of amides is 1. The zero-order valence-corrected chi connectivity index (χ0v) is 14.5. The van der Waals surface area contributed by atoms with Crippen LogP contribution in [0.4, 0.5) is 4.39 Å². The summed E-state index contributed by atoms with van der Waals surface area (Å²) in [6, 6.07) is 21.0. The van der Waals surface area contributed by atoms with Crippen LogP contribution in [0, 0.1) is 5.82 Å². The number of thiophene rings is 1. The highest BCUT2D eigenvalue weighted by Gasteiger charge is 2.19. The number of para-hydroxylation sites is 1. The van der Waals surface area contributed by atoms with Crippen molar-refractivity contribution in [2.24, 2.45) is 0 Å². The summed E-state index contributed by atoms with van der Waals surface area (Å²) in [4.78, 5) is 18.2. The summed E-state index contributed by atoms with van der Waals surface area (Å²) in [5.74, 6) is -0.570. The van der Waals surface area contributed by atoms with E-state index in [1.54, 1.807) is 29.5 Å². The molecule has 4 aromatic rings. The van der Waals surface area contributed by atoms with Gasteiger partial charge in [-0.05, 0) is 41.3 Å². The van der Waals surface area contributed by atoms with Gasteiger partial charge in [0.2, 0.25) is 0 Å². The molecule has 128 valence electrons. The number of halogens is 1. The number of hydrogen-bond donors (Lipinski definition) is 1. The molecule has 2 aromatic heterocycles. The van der Waals surface area contributed by atoms with Crippen molar-refractivity contribution in [3.05, 3.63) is 100 Å². The molecule has 2 heterocycles. The van der Waals surface area contributed by atoms with Gasteiger partial charge in [-0.25, -0.2) is 9.37 Å². The normalized spacial score (nSPS) is 12.0. The molecule has 0 fully saturated rings. The summed E-state index contributed by atoms with van der Waals surface area (Å²) in [7, 11) is 0. The highest BCUT2D eigenvalue weighted by molar-refractivity contribution is 7.10. The highest BCUT2D eigenvalue weighted by Crippen LogP contribution is 2.26. The van der Waals surface area contributed by atoms with Crippen molar-refractivity contribution in [1.29, 1.82) is 0 Å². The fourth-order valence-electron chi connectivity index (χ4n) is 2.83. The molecule has 26 heavy (non-hydrogen) atoms. The van der Waals surface area contributed by atoms with Gasteiger partial charge >= 0.3 is 0 Å². The Kier molecular flexibility index (Phi) is 4.46. The van der Waals surface area contributed by atoms with E-state index in [0.29, 0.717) is 5.69 Å². The number of rotatable bonds is 4. The van der Waals surface area contributed by atoms with Crippen LogP contribution in [0.1, 0.15) is 27.0 Å². The van der Waals surface area contributed by atoms with Crippen molar-refractivity contribution in [2.75, 3.05) is 0 Å². The van der Waals surface area contributed by atoms with Gasteiger partial charge in [0.15, 0.2) is 0 Å². The van der Waals surface area contributed by atoms with Crippen LogP contribution in [0.25, 0.3) is 10.9 Å². The van der Waals surface area contributed by atoms with Gasteiger partial charge in [0.25, 0.3) is 5.91 Å². The molecule has 4 rings (SSSR count). The first-order valence-electron chi connectivity index (χ1n) is 8.16. The summed E-state index contributed by atoms with van der Waals surface area (Å²) < 4.78 is 13.3. The molecule has 1 N–H and O–H groups in total. The molecule has 1 amide bonds. The number of fused-ring (bicyclic) bond motifs is 1. The summed E-state index contributed by atoms with van der Waals surface area (Å²) >= 11 is 1.54. The minimum Gasteiger partial charge on any atom is -0.339 e. The Labute approximate surface area is 154 Å². The lowest BCUT2D eigenvalue weighted by atomic mass is 10.0. The van der Waals surface area contributed by atoms with E-state index >= 15 is 0 Å². The molecule has 3 nitrogen and oxygen atoms in total. The van der Waals surface area contributed by atoms with Gasteiger partial charge in [0, 0.05) is 10.3 Å². The van der Waals surface area contributed by atoms with Crippen LogP contribution in [-0.2, 0) is 0 Å². The van der Waals surface area contributed by atoms with Gasteiger partial charge < -0.3 is 5.32 Å². The molecular weight excluding hydrogens is 347 g/mol. The summed E-state index contributed by atoms with van der Waals surface area (Å²) in [6.07, 6.45) is 0. The van der Waals surface area contributed by atoms with Crippen LogP contribution in [-0.4, -0.2) is 10.9 Å². The van der Waals surface area contributed by atoms with E-state index in [1.165, 1.54) is 12.1 Å². The summed E-state index contributed by atoms with van der Waals surface area (Å²) in [5.41, 5.74) is 1.95. The molecule has 1 unspecified atom stereocenters. The lowest BCUT2D eigenvalue weighted by Crippen LogP contribution is -2.29. The lowest BCUT2D eigenvalue weighted by molar-refractivity contribution is 0.0939. The zero-order valence-electron chi connectivity index (χ0n) is 13.7. The first-order valence-corrected chi connectivity index (χ1v) is 9.04. The number of aromatic nitrogens is 1. The Bertz CT molecular complexity index is 1050. The van der Waals surface area contributed by atoms with Gasteiger partial charge in [-0.3, -0.25) is 4.79 Å². The van der Waals surface area contributed by atoms with Crippen LogP contribution in [0.15, 0.2) is 78.2 Å². The second-order valence-electron chi connectivity index (χ2n) is 5.86. The Morgan fingerprint density at radius 2 is 1.77 bits per heavy atom. The Morgan fingerprint density at radius 3 is 2.54 bits per heavy atom. The van der Waals surface area contributed by atoms with Crippen LogP contribution in [0.2, 0.25) is 0 Å². The second kappa shape index (κ2) is 7.06. The molecule has 0 spiro atoms. The van der Waals surface area contributed by atoms with E-state index < -0.39 is 0 Å². The third-order valence-electron chi connectivity index (χ3n) is 4.14. The minimum absolute atomic E-state index is 0.265. The van der Waals surface area contributed by atoms with Crippen molar-refractivity contribution >= 4 is 28.1 Å². The first-order chi connectivity index (χ1) is 12.7. The fraction of sp³-hybridized carbons (Fsp3) is 0.0476. The van der Waals surface area contributed by atoms with Gasteiger partial charge in [-0.1, -0.05) is 42.5 Å². The largest absolute Gasteiger partial charge is 0.339 e. The molecule has 0 aliphatic rings. The topological polar surface area (TPSA) is 42.0 Å². The van der Waals surface area contributed by atoms with Gasteiger partial charge in [-0.15, -0.1) is 11.3 Å². The van der Waals surface area contributed by atoms with E-state index in [2.05, 4.69) is 10.3 Å². The minimum atomic E-state index is -0.351. The van der Waals surface area contributed by atoms with Crippen LogP contribution in [0.5, 0.6) is 0 Å². The molecule has 0 saturated carbocycles. The van der Waals surface area contributed by atoms with Crippen molar-refractivity contribution in [1.82, 2.24) is 10.3 Å². The SMILES string of the molecule is O=C(NC(c1ccc(F)cc1)c1cccs1)c1ccc2ccccc2n1. The third-order valence-corrected chi connectivity index (χ3v) is 5.07. The maximum absolute atomic E-state index is 13.3. The Hall–Kier alpha value is -3.05. The van der Waals surface area contributed by atoms with Crippen molar-refractivity contribution < 1.29 is 9.18 Å². The maximum Gasteiger partial charge on any atom is 0.270 e. The molecule has 5 heteroatoms. The Balaban J connectivity index is 1.66. The molecule has 1 atom stereocenters. The standard InChI is InChI=1S/C21H15FN2OS/c22-16-10-7-15(8-11-16)20(19-6-3-13-26-19)24-21(25)18-12-9-14-4-1-2-5-17(14)23-18/h1-13,20H,(H,24,25). The van der Waals surface area contributed by atoms with Crippen LogP contribution in [0.3, 0.4) is 0 Å². The van der Waals surface area contributed by atoms with E-state index in [0.717, 1.165) is 21.3 Å². The predicted octanol–water partition coefficient (Wildman–Crippen LogP) is 4.95. The molecule has 0 saturated heterocycles. The number of pyridine rings is 1.